The molecule has 1 aliphatic carbocycles. The van der Waals surface area contributed by atoms with Crippen molar-refractivity contribution in [1.82, 2.24) is 0 Å². The van der Waals surface area contributed by atoms with Crippen LogP contribution in [0.1, 0.15) is 31.7 Å². The Morgan fingerprint density at radius 3 is 2.76 bits per heavy atom. The predicted molar refractivity (Wildman–Crippen MR) is 68.6 cm³/mol. The van der Waals surface area contributed by atoms with Gasteiger partial charge >= 0.3 is 0 Å². The first kappa shape index (κ1) is 12.6. The Hall–Kier alpha value is -0.860. The van der Waals surface area contributed by atoms with Gasteiger partial charge in [-0.3, -0.25) is 0 Å². The monoisotopic (exact) mass is 234 g/mol. The molecule has 0 spiro atoms. The zero-order valence-electron chi connectivity index (χ0n) is 10.5. The Morgan fingerprint density at radius 1 is 1.24 bits per heavy atom. The fraction of sp³-hybridized carbons (Fsp3) is 0.600. The fourth-order valence-electron chi connectivity index (χ4n) is 2.57. The molecule has 1 N–H and O–H groups in total. The summed E-state index contributed by atoms with van der Waals surface area (Å²) < 4.78 is 5.77. The van der Waals surface area contributed by atoms with E-state index in [-0.39, 0.29) is 6.10 Å². The van der Waals surface area contributed by atoms with Gasteiger partial charge in [-0.2, -0.15) is 0 Å². The summed E-state index contributed by atoms with van der Waals surface area (Å²) in [6, 6.07) is 10.2. The number of rotatable bonds is 4. The molecule has 17 heavy (non-hydrogen) atoms. The van der Waals surface area contributed by atoms with Crippen molar-refractivity contribution in [3.05, 3.63) is 35.9 Å². The molecule has 0 aliphatic heterocycles. The topological polar surface area (TPSA) is 29.5 Å². The molecular formula is C15H22O2. The molecule has 1 saturated carbocycles. The molecule has 0 saturated heterocycles. The van der Waals surface area contributed by atoms with Gasteiger partial charge in [0.1, 0.15) is 0 Å². The second-order valence-electron chi connectivity index (χ2n) is 5.12. The van der Waals surface area contributed by atoms with E-state index in [4.69, 9.17) is 4.74 Å². The largest absolute Gasteiger partial charge is 0.393 e. The van der Waals surface area contributed by atoms with Crippen molar-refractivity contribution in [3.63, 3.8) is 0 Å². The molecule has 0 radical (unpaired) electrons. The number of hydrogen-bond acceptors (Lipinski definition) is 2. The van der Waals surface area contributed by atoms with E-state index in [9.17, 15) is 5.11 Å². The minimum Gasteiger partial charge on any atom is -0.393 e. The van der Waals surface area contributed by atoms with Crippen molar-refractivity contribution in [2.45, 2.75) is 38.9 Å². The van der Waals surface area contributed by atoms with Crippen molar-refractivity contribution in [1.29, 1.82) is 0 Å². The van der Waals surface area contributed by atoms with Gasteiger partial charge in [-0.05, 0) is 30.2 Å². The number of benzene rings is 1. The Kier molecular flexibility index (Phi) is 4.57. The normalized spacial score (nSPS) is 29.2. The van der Waals surface area contributed by atoms with Crippen LogP contribution in [-0.2, 0) is 11.3 Å². The first-order valence-electron chi connectivity index (χ1n) is 6.57. The van der Waals surface area contributed by atoms with Crippen molar-refractivity contribution in [2.24, 2.45) is 11.8 Å². The predicted octanol–water partition coefficient (Wildman–Crippen LogP) is 3.00. The maximum Gasteiger partial charge on any atom is 0.0717 e. The van der Waals surface area contributed by atoms with Gasteiger partial charge in [0, 0.05) is 0 Å². The van der Waals surface area contributed by atoms with Crippen molar-refractivity contribution in [2.75, 3.05) is 6.61 Å². The smallest absolute Gasteiger partial charge is 0.0717 e. The zero-order valence-corrected chi connectivity index (χ0v) is 10.5. The third-order valence-corrected chi connectivity index (χ3v) is 3.87. The number of aliphatic hydroxyl groups is 1. The van der Waals surface area contributed by atoms with Crippen molar-refractivity contribution in [3.8, 4) is 0 Å². The van der Waals surface area contributed by atoms with E-state index >= 15 is 0 Å². The van der Waals surface area contributed by atoms with E-state index in [0.717, 1.165) is 19.4 Å². The van der Waals surface area contributed by atoms with Crippen LogP contribution < -0.4 is 0 Å². The van der Waals surface area contributed by atoms with Crippen LogP contribution in [0.3, 0.4) is 0 Å². The maximum atomic E-state index is 9.81. The van der Waals surface area contributed by atoms with Gasteiger partial charge in [-0.1, -0.05) is 43.7 Å². The van der Waals surface area contributed by atoms with Crippen LogP contribution in [0.5, 0.6) is 0 Å². The van der Waals surface area contributed by atoms with Crippen LogP contribution in [0, 0.1) is 11.8 Å². The maximum absolute atomic E-state index is 9.81. The highest BCUT2D eigenvalue weighted by molar-refractivity contribution is 5.13. The van der Waals surface area contributed by atoms with E-state index in [2.05, 4.69) is 19.1 Å². The third kappa shape index (κ3) is 3.55. The second-order valence-corrected chi connectivity index (χ2v) is 5.12. The van der Waals surface area contributed by atoms with Crippen LogP contribution in [0.25, 0.3) is 0 Å². The summed E-state index contributed by atoms with van der Waals surface area (Å²) >= 11 is 0. The molecule has 1 fully saturated rings. The number of hydrogen-bond donors (Lipinski definition) is 1. The molecule has 1 aromatic carbocycles. The second kappa shape index (κ2) is 6.18. The molecule has 0 amide bonds. The lowest BCUT2D eigenvalue weighted by atomic mass is 9.79. The average molecular weight is 234 g/mol. The van der Waals surface area contributed by atoms with Crippen LogP contribution in [0.15, 0.2) is 30.3 Å². The van der Waals surface area contributed by atoms with Gasteiger partial charge in [0.05, 0.1) is 19.3 Å². The summed E-state index contributed by atoms with van der Waals surface area (Å²) in [6.45, 7) is 3.59. The highest BCUT2D eigenvalue weighted by Crippen LogP contribution is 2.30. The quantitative estimate of drug-likeness (QED) is 0.867. The molecule has 1 aromatic rings. The molecule has 0 aromatic heterocycles. The van der Waals surface area contributed by atoms with Gasteiger partial charge in [0.15, 0.2) is 0 Å². The van der Waals surface area contributed by atoms with E-state index in [1.807, 2.05) is 18.2 Å². The summed E-state index contributed by atoms with van der Waals surface area (Å²) in [5, 5.41) is 9.81. The highest BCUT2D eigenvalue weighted by atomic mass is 16.5. The molecular weight excluding hydrogens is 212 g/mol. The van der Waals surface area contributed by atoms with Gasteiger partial charge < -0.3 is 9.84 Å². The number of ether oxygens (including phenoxy) is 1. The van der Waals surface area contributed by atoms with E-state index in [1.54, 1.807) is 0 Å². The van der Waals surface area contributed by atoms with Gasteiger partial charge in [0.2, 0.25) is 0 Å². The Balaban J connectivity index is 1.75. The number of aliphatic hydroxyl groups excluding tert-OH is 1. The molecule has 94 valence electrons. The summed E-state index contributed by atoms with van der Waals surface area (Å²) in [7, 11) is 0. The standard InChI is InChI=1S/C15H22O2/c1-12-14(8-5-9-15(12)16)11-17-10-13-6-3-2-4-7-13/h2-4,6-7,12,14-16H,5,8-11H2,1H3/t12-,14+,15-/m0/s1. The lowest BCUT2D eigenvalue weighted by molar-refractivity contribution is -0.00646. The molecule has 0 unspecified atom stereocenters. The summed E-state index contributed by atoms with van der Waals surface area (Å²) in [4.78, 5) is 0. The van der Waals surface area contributed by atoms with Gasteiger partial charge in [-0.25, -0.2) is 0 Å². The lowest BCUT2D eigenvalue weighted by Crippen LogP contribution is -2.32. The van der Waals surface area contributed by atoms with E-state index in [0.29, 0.717) is 18.4 Å². The Morgan fingerprint density at radius 2 is 2.00 bits per heavy atom. The summed E-state index contributed by atoms with van der Waals surface area (Å²) in [5.74, 6) is 0.891. The van der Waals surface area contributed by atoms with Crippen molar-refractivity contribution >= 4 is 0 Å². The Labute approximate surface area is 104 Å². The minimum absolute atomic E-state index is 0.130. The minimum atomic E-state index is -0.130. The summed E-state index contributed by atoms with van der Waals surface area (Å²) in [6.07, 6.45) is 3.14. The van der Waals surface area contributed by atoms with E-state index in [1.165, 1.54) is 12.0 Å². The molecule has 0 heterocycles. The first-order chi connectivity index (χ1) is 8.27. The highest BCUT2D eigenvalue weighted by Gasteiger charge is 2.28. The van der Waals surface area contributed by atoms with Crippen LogP contribution >= 0.6 is 0 Å². The third-order valence-electron chi connectivity index (χ3n) is 3.87. The molecule has 3 atom stereocenters. The van der Waals surface area contributed by atoms with Crippen LogP contribution in [-0.4, -0.2) is 17.8 Å². The van der Waals surface area contributed by atoms with Gasteiger partial charge in [0.25, 0.3) is 0 Å². The Bertz CT molecular complexity index is 323. The molecule has 0 bridgehead atoms. The lowest BCUT2D eigenvalue weighted by Gasteiger charge is -2.32. The molecule has 2 heteroatoms. The van der Waals surface area contributed by atoms with Crippen molar-refractivity contribution < 1.29 is 9.84 Å². The van der Waals surface area contributed by atoms with Crippen LogP contribution in [0.4, 0.5) is 0 Å². The average Bonchev–Trinajstić information content (AvgIpc) is 2.36. The molecule has 2 rings (SSSR count). The van der Waals surface area contributed by atoms with Crippen LogP contribution in [0.2, 0.25) is 0 Å². The first-order valence-corrected chi connectivity index (χ1v) is 6.57. The molecule has 2 nitrogen and oxygen atoms in total. The summed E-state index contributed by atoms with van der Waals surface area (Å²) in [5.41, 5.74) is 1.22. The zero-order chi connectivity index (χ0) is 12.1. The van der Waals surface area contributed by atoms with Gasteiger partial charge in [-0.15, -0.1) is 0 Å². The van der Waals surface area contributed by atoms with E-state index < -0.39 is 0 Å². The molecule has 1 aliphatic rings. The SMILES string of the molecule is C[C@H]1[C@@H](COCc2ccccc2)CCC[C@@H]1O. The fourth-order valence-corrected chi connectivity index (χ4v) is 2.57.